The summed E-state index contributed by atoms with van der Waals surface area (Å²) in [5, 5.41) is 15.0. The smallest absolute Gasteiger partial charge is 0.335 e. The molecule has 9 nitrogen and oxygen atoms in total. The van der Waals surface area contributed by atoms with Gasteiger partial charge >= 0.3 is 17.8 Å². The molecule has 2 rings (SSSR count). The summed E-state index contributed by atoms with van der Waals surface area (Å²) in [6, 6.07) is 11.3. The zero-order valence-corrected chi connectivity index (χ0v) is 16.0. The molecule has 0 unspecified atom stereocenters. The minimum atomic E-state index is -1.04. The lowest BCUT2D eigenvalue weighted by Gasteiger charge is -2.10. The van der Waals surface area contributed by atoms with Gasteiger partial charge in [0.2, 0.25) is 0 Å². The molecule has 0 aliphatic heterocycles. The van der Waals surface area contributed by atoms with Gasteiger partial charge in [-0.1, -0.05) is 18.2 Å². The van der Waals surface area contributed by atoms with Gasteiger partial charge in [-0.3, -0.25) is 9.59 Å². The Bertz CT molecular complexity index is 909. The van der Waals surface area contributed by atoms with E-state index in [1.165, 1.54) is 37.6 Å². The maximum atomic E-state index is 11.8. The molecule has 0 spiro atoms. The molecule has 2 amide bonds. The summed E-state index contributed by atoms with van der Waals surface area (Å²) in [5.41, 5.74) is 3.74. The lowest BCUT2D eigenvalue weighted by Crippen LogP contribution is -2.38. The van der Waals surface area contributed by atoms with Crippen LogP contribution in [0.25, 0.3) is 0 Å². The third-order valence-corrected chi connectivity index (χ3v) is 3.89. The topological polar surface area (TPSA) is 126 Å². The summed E-state index contributed by atoms with van der Waals surface area (Å²) >= 11 is 0. The molecule has 2 aromatic carbocycles. The summed E-state index contributed by atoms with van der Waals surface area (Å²) in [6.45, 7) is 0.252. The molecule has 0 bridgehead atoms. The maximum Gasteiger partial charge on any atom is 0.335 e. The number of hydrazone groups is 1. The first-order valence-electron chi connectivity index (χ1n) is 8.60. The molecule has 2 aromatic rings. The van der Waals surface area contributed by atoms with E-state index in [4.69, 9.17) is 14.6 Å². The number of carboxylic acid groups (broad SMARTS) is 1. The van der Waals surface area contributed by atoms with Crippen LogP contribution in [0.15, 0.2) is 47.6 Å². The Labute approximate surface area is 167 Å². The Morgan fingerprint density at radius 3 is 2.31 bits per heavy atom. The van der Waals surface area contributed by atoms with E-state index in [9.17, 15) is 14.4 Å². The van der Waals surface area contributed by atoms with Crippen LogP contribution in [0.1, 0.15) is 21.5 Å². The Balaban J connectivity index is 1.79. The molecule has 0 saturated heterocycles. The molecule has 0 heterocycles. The van der Waals surface area contributed by atoms with E-state index in [1.54, 1.807) is 19.2 Å². The van der Waals surface area contributed by atoms with Crippen molar-refractivity contribution in [1.29, 1.82) is 0 Å². The first-order valence-corrected chi connectivity index (χ1v) is 8.60. The number of nitrogens with zero attached hydrogens (tertiary/aromatic N) is 1. The van der Waals surface area contributed by atoms with E-state index in [-0.39, 0.29) is 12.1 Å². The number of carboxylic acids is 1. The highest BCUT2D eigenvalue weighted by atomic mass is 16.5. The van der Waals surface area contributed by atoms with Crippen LogP contribution in [0, 0.1) is 0 Å². The second kappa shape index (κ2) is 10.5. The fourth-order valence-electron chi connectivity index (χ4n) is 2.36. The lowest BCUT2D eigenvalue weighted by molar-refractivity contribution is -0.139. The molecule has 0 radical (unpaired) electrons. The fraction of sp³-hybridized carbons (Fsp3) is 0.200. The molecular weight excluding hydrogens is 378 g/mol. The highest BCUT2D eigenvalue weighted by Crippen LogP contribution is 2.27. The van der Waals surface area contributed by atoms with Crippen molar-refractivity contribution in [2.45, 2.75) is 6.42 Å². The number of amides is 2. The third kappa shape index (κ3) is 6.35. The van der Waals surface area contributed by atoms with Gasteiger partial charge < -0.3 is 19.9 Å². The number of hydrogen-bond acceptors (Lipinski definition) is 6. The van der Waals surface area contributed by atoms with Gasteiger partial charge in [0.1, 0.15) is 0 Å². The number of nitrogens with one attached hydrogen (secondary N) is 2. The molecule has 0 fully saturated rings. The summed E-state index contributed by atoms with van der Waals surface area (Å²) in [6.07, 6.45) is 1.80. The number of methoxy groups -OCH3 is 2. The molecule has 0 aliphatic rings. The quantitative estimate of drug-likeness (QED) is 0.348. The van der Waals surface area contributed by atoms with Crippen molar-refractivity contribution in [1.82, 2.24) is 10.7 Å². The number of ether oxygens (including phenoxy) is 2. The van der Waals surface area contributed by atoms with E-state index < -0.39 is 17.8 Å². The molecular formula is C20H21N3O6. The highest BCUT2D eigenvalue weighted by Gasteiger charge is 2.12. The lowest BCUT2D eigenvalue weighted by atomic mass is 10.1. The van der Waals surface area contributed by atoms with Crippen molar-refractivity contribution in [3.05, 3.63) is 59.2 Å². The highest BCUT2D eigenvalue weighted by molar-refractivity contribution is 6.35. The van der Waals surface area contributed by atoms with Gasteiger partial charge in [0, 0.05) is 6.54 Å². The number of benzene rings is 2. The van der Waals surface area contributed by atoms with Gasteiger partial charge in [-0.2, -0.15) is 5.10 Å². The first-order chi connectivity index (χ1) is 13.9. The van der Waals surface area contributed by atoms with Crippen molar-refractivity contribution in [3.8, 4) is 11.5 Å². The third-order valence-electron chi connectivity index (χ3n) is 3.89. The molecule has 0 saturated carbocycles. The zero-order valence-electron chi connectivity index (χ0n) is 16.0. The van der Waals surface area contributed by atoms with Crippen LogP contribution in [0.4, 0.5) is 0 Å². The number of carbonyl (C=O) groups excluding carboxylic acids is 2. The second-order valence-electron chi connectivity index (χ2n) is 5.82. The first kappa shape index (κ1) is 21.4. The van der Waals surface area contributed by atoms with E-state index in [1.807, 2.05) is 6.07 Å². The molecule has 3 N–H and O–H groups in total. The van der Waals surface area contributed by atoms with Crippen LogP contribution in [0.5, 0.6) is 11.5 Å². The normalized spacial score (nSPS) is 10.4. The largest absolute Gasteiger partial charge is 0.493 e. The summed E-state index contributed by atoms with van der Waals surface area (Å²) in [4.78, 5) is 34.3. The van der Waals surface area contributed by atoms with Crippen molar-refractivity contribution in [2.24, 2.45) is 5.10 Å². The Morgan fingerprint density at radius 2 is 1.69 bits per heavy atom. The monoisotopic (exact) mass is 399 g/mol. The predicted octanol–water partition coefficient (Wildman–Crippen LogP) is 1.21. The average molecular weight is 399 g/mol. The average Bonchev–Trinajstić information content (AvgIpc) is 2.73. The van der Waals surface area contributed by atoms with Gasteiger partial charge in [-0.25, -0.2) is 10.2 Å². The van der Waals surface area contributed by atoms with Gasteiger partial charge in [-0.05, 0) is 41.8 Å². The van der Waals surface area contributed by atoms with Crippen molar-refractivity contribution in [2.75, 3.05) is 20.8 Å². The van der Waals surface area contributed by atoms with Gasteiger partial charge in [0.25, 0.3) is 0 Å². The van der Waals surface area contributed by atoms with Crippen LogP contribution in [-0.2, 0) is 16.0 Å². The Hall–Kier alpha value is -3.88. The molecule has 29 heavy (non-hydrogen) atoms. The Morgan fingerprint density at radius 1 is 1.00 bits per heavy atom. The maximum absolute atomic E-state index is 11.8. The van der Waals surface area contributed by atoms with Crippen molar-refractivity contribution >= 4 is 24.0 Å². The predicted molar refractivity (Wildman–Crippen MR) is 105 cm³/mol. The van der Waals surface area contributed by atoms with Crippen molar-refractivity contribution < 1.29 is 29.0 Å². The minimum absolute atomic E-state index is 0.139. The molecule has 9 heteroatoms. The van der Waals surface area contributed by atoms with Gasteiger partial charge in [-0.15, -0.1) is 0 Å². The van der Waals surface area contributed by atoms with E-state index in [2.05, 4.69) is 15.8 Å². The van der Waals surface area contributed by atoms with Crippen LogP contribution in [0.3, 0.4) is 0 Å². The number of aromatic carboxylic acids is 1. The van der Waals surface area contributed by atoms with Gasteiger partial charge in [0.05, 0.1) is 26.0 Å². The molecule has 0 atom stereocenters. The molecule has 0 aliphatic carbocycles. The number of carbonyl (C=O) groups is 3. The van der Waals surface area contributed by atoms with E-state index in [0.29, 0.717) is 23.5 Å². The SMILES string of the molecule is COc1ccc(CCNC(=O)C(=O)N/N=C\c2ccc(C(=O)O)cc2)cc1OC. The fourth-order valence-corrected chi connectivity index (χ4v) is 2.36. The Kier molecular flexibility index (Phi) is 7.72. The number of hydrogen-bond donors (Lipinski definition) is 3. The van der Waals surface area contributed by atoms with E-state index in [0.717, 1.165) is 5.56 Å². The molecule has 0 aromatic heterocycles. The zero-order chi connectivity index (χ0) is 21.2. The van der Waals surface area contributed by atoms with Gasteiger partial charge in [0.15, 0.2) is 11.5 Å². The van der Waals surface area contributed by atoms with Crippen LogP contribution < -0.4 is 20.2 Å². The van der Waals surface area contributed by atoms with Crippen LogP contribution >= 0.6 is 0 Å². The van der Waals surface area contributed by atoms with E-state index >= 15 is 0 Å². The minimum Gasteiger partial charge on any atom is -0.493 e. The van der Waals surface area contributed by atoms with Crippen LogP contribution in [0.2, 0.25) is 0 Å². The van der Waals surface area contributed by atoms with Crippen molar-refractivity contribution in [3.63, 3.8) is 0 Å². The summed E-state index contributed by atoms with van der Waals surface area (Å²) in [7, 11) is 3.08. The standard InChI is InChI=1S/C20H21N3O6/c1-28-16-8-5-13(11-17(16)29-2)9-10-21-18(24)19(25)23-22-12-14-3-6-15(7-4-14)20(26)27/h3-8,11-12H,9-10H2,1-2H3,(H,21,24)(H,23,25)(H,26,27)/b22-12-. The second-order valence-corrected chi connectivity index (χ2v) is 5.82. The molecule has 152 valence electrons. The van der Waals surface area contributed by atoms with Crippen LogP contribution in [-0.4, -0.2) is 49.9 Å². The summed E-state index contributed by atoms with van der Waals surface area (Å²) < 4.78 is 10.4. The summed E-state index contributed by atoms with van der Waals surface area (Å²) in [5.74, 6) is -1.57. The number of rotatable bonds is 8.